The lowest BCUT2D eigenvalue weighted by Crippen LogP contribution is -2.50. The quantitative estimate of drug-likeness (QED) is 0.647. The van der Waals surface area contributed by atoms with Crippen molar-refractivity contribution in [1.29, 1.82) is 0 Å². The maximum absolute atomic E-state index is 12.6. The fraction of sp³-hybridized carbons (Fsp3) is 0.389. The summed E-state index contributed by atoms with van der Waals surface area (Å²) in [5.74, 6) is 0.849. The van der Waals surface area contributed by atoms with Gasteiger partial charge < -0.3 is 9.64 Å². The summed E-state index contributed by atoms with van der Waals surface area (Å²) in [6.45, 7) is 1.50. The molecular weight excluding hydrogens is 452 g/mol. The monoisotopic (exact) mass is 472 g/mol. The highest BCUT2D eigenvalue weighted by Crippen LogP contribution is 2.29. The number of piperazine rings is 1. The zero-order valence-electron chi connectivity index (χ0n) is 14.9. The molecule has 2 heterocycles. The SMILES string of the molecule is COc1ccc(CCC(=O)N2CCN(S(=O)(=O)c3ccc(Br)s3)CC2)cc1. The highest BCUT2D eigenvalue weighted by molar-refractivity contribution is 9.11. The minimum absolute atomic E-state index is 0.0572. The van der Waals surface area contributed by atoms with E-state index in [1.807, 2.05) is 24.3 Å². The van der Waals surface area contributed by atoms with Crippen LogP contribution in [0.1, 0.15) is 12.0 Å². The van der Waals surface area contributed by atoms with E-state index in [4.69, 9.17) is 4.74 Å². The Balaban J connectivity index is 1.51. The summed E-state index contributed by atoms with van der Waals surface area (Å²) < 4.78 is 33.0. The smallest absolute Gasteiger partial charge is 0.252 e. The Bertz CT molecular complexity index is 888. The van der Waals surface area contributed by atoms with Crippen molar-refractivity contribution in [2.75, 3.05) is 33.3 Å². The molecule has 1 amide bonds. The number of halogens is 1. The summed E-state index contributed by atoms with van der Waals surface area (Å²) in [5.41, 5.74) is 1.08. The molecule has 27 heavy (non-hydrogen) atoms. The van der Waals surface area contributed by atoms with Gasteiger partial charge in [-0.1, -0.05) is 12.1 Å². The average molecular weight is 473 g/mol. The first-order valence-corrected chi connectivity index (χ1v) is 11.6. The summed E-state index contributed by atoms with van der Waals surface area (Å²) in [6, 6.07) is 11.0. The lowest BCUT2D eigenvalue weighted by molar-refractivity contribution is -0.132. The van der Waals surface area contributed by atoms with Crippen LogP contribution in [0.25, 0.3) is 0 Å². The number of nitrogens with zero attached hydrogens (tertiary/aromatic N) is 2. The fourth-order valence-electron chi connectivity index (χ4n) is 2.94. The second kappa shape index (κ2) is 8.72. The molecule has 0 radical (unpaired) electrons. The number of carbonyl (C=O) groups is 1. The first kappa shape index (κ1) is 20.3. The summed E-state index contributed by atoms with van der Waals surface area (Å²) in [6.07, 6.45) is 1.07. The van der Waals surface area contributed by atoms with E-state index >= 15 is 0 Å². The molecule has 1 aromatic carbocycles. The summed E-state index contributed by atoms with van der Waals surface area (Å²) in [4.78, 5) is 14.2. The number of benzene rings is 1. The van der Waals surface area contributed by atoms with Gasteiger partial charge in [-0.15, -0.1) is 11.3 Å². The molecule has 9 heteroatoms. The van der Waals surface area contributed by atoms with E-state index < -0.39 is 10.0 Å². The number of hydrogen-bond acceptors (Lipinski definition) is 5. The molecule has 1 saturated heterocycles. The van der Waals surface area contributed by atoms with E-state index in [9.17, 15) is 13.2 Å². The summed E-state index contributed by atoms with van der Waals surface area (Å²) in [5, 5.41) is 0. The molecule has 0 atom stereocenters. The van der Waals surface area contributed by atoms with E-state index in [2.05, 4.69) is 15.9 Å². The van der Waals surface area contributed by atoms with Gasteiger partial charge in [-0.2, -0.15) is 4.31 Å². The topological polar surface area (TPSA) is 66.9 Å². The standard InChI is InChI=1S/C18H21BrN2O4S2/c1-25-15-5-2-14(3-6-15)4-8-17(22)20-10-12-21(13-11-20)27(23,24)18-9-7-16(19)26-18/h2-3,5-7,9H,4,8,10-13H2,1H3. The van der Waals surface area contributed by atoms with Crippen LogP contribution in [0.15, 0.2) is 44.4 Å². The van der Waals surface area contributed by atoms with Crippen LogP contribution in [-0.2, 0) is 21.2 Å². The molecule has 1 aliphatic rings. The number of methoxy groups -OCH3 is 1. The van der Waals surface area contributed by atoms with Gasteiger partial charge in [0.15, 0.2) is 0 Å². The van der Waals surface area contributed by atoms with Gasteiger partial charge in [0.2, 0.25) is 5.91 Å². The van der Waals surface area contributed by atoms with Crippen LogP contribution >= 0.6 is 27.3 Å². The maximum atomic E-state index is 12.6. The van der Waals surface area contributed by atoms with Crippen molar-refractivity contribution in [3.8, 4) is 5.75 Å². The normalized spacial score (nSPS) is 15.7. The zero-order chi connectivity index (χ0) is 19.4. The third-order valence-corrected chi connectivity index (χ3v) is 8.51. The first-order chi connectivity index (χ1) is 12.9. The van der Waals surface area contributed by atoms with Gasteiger partial charge in [0.25, 0.3) is 10.0 Å². The summed E-state index contributed by atoms with van der Waals surface area (Å²) in [7, 11) is -1.86. The van der Waals surface area contributed by atoms with Crippen molar-refractivity contribution in [3.05, 3.63) is 45.7 Å². The van der Waals surface area contributed by atoms with Gasteiger partial charge in [-0.3, -0.25) is 4.79 Å². The van der Waals surface area contributed by atoms with Gasteiger partial charge in [0, 0.05) is 32.6 Å². The molecule has 6 nitrogen and oxygen atoms in total. The zero-order valence-corrected chi connectivity index (χ0v) is 18.1. The van der Waals surface area contributed by atoms with Crippen molar-refractivity contribution < 1.29 is 17.9 Å². The summed E-state index contributed by atoms with van der Waals surface area (Å²) >= 11 is 4.50. The number of thiophene rings is 1. The van der Waals surface area contributed by atoms with Crippen molar-refractivity contribution in [3.63, 3.8) is 0 Å². The van der Waals surface area contributed by atoms with E-state index in [0.29, 0.717) is 43.2 Å². The molecule has 0 aliphatic carbocycles. The molecule has 0 saturated carbocycles. The molecule has 0 N–H and O–H groups in total. The second-order valence-corrected chi connectivity index (χ2v) is 10.8. The number of carbonyl (C=O) groups excluding carboxylic acids is 1. The molecular formula is C18H21BrN2O4S2. The van der Waals surface area contributed by atoms with Crippen LogP contribution in [0, 0.1) is 0 Å². The predicted molar refractivity (Wildman–Crippen MR) is 109 cm³/mol. The van der Waals surface area contributed by atoms with Crippen LogP contribution < -0.4 is 4.74 Å². The molecule has 3 rings (SSSR count). The Morgan fingerprint density at radius 2 is 1.78 bits per heavy atom. The number of aryl methyl sites for hydroxylation is 1. The van der Waals surface area contributed by atoms with Gasteiger partial charge in [0.05, 0.1) is 10.9 Å². The lowest BCUT2D eigenvalue weighted by Gasteiger charge is -2.33. The predicted octanol–water partition coefficient (Wildman–Crippen LogP) is 2.98. The number of rotatable bonds is 6. The number of ether oxygens (including phenoxy) is 1. The Kier molecular flexibility index (Phi) is 6.56. The lowest BCUT2D eigenvalue weighted by atomic mass is 10.1. The largest absolute Gasteiger partial charge is 0.497 e. The molecule has 0 bridgehead atoms. The average Bonchev–Trinajstić information content (AvgIpc) is 3.14. The Labute approximate surface area is 171 Å². The van der Waals surface area contributed by atoms with Crippen LogP contribution in [-0.4, -0.2) is 56.8 Å². The maximum Gasteiger partial charge on any atom is 0.252 e. The highest BCUT2D eigenvalue weighted by atomic mass is 79.9. The minimum Gasteiger partial charge on any atom is -0.497 e. The third kappa shape index (κ3) is 4.90. The molecule has 1 aromatic heterocycles. The molecule has 1 aliphatic heterocycles. The highest BCUT2D eigenvalue weighted by Gasteiger charge is 2.30. The number of hydrogen-bond donors (Lipinski definition) is 0. The van der Waals surface area contributed by atoms with Gasteiger partial charge in [0.1, 0.15) is 9.96 Å². The van der Waals surface area contributed by atoms with Crippen LogP contribution in [0.3, 0.4) is 0 Å². The van der Waals surface area contributed by atoms with Crippen molar-refractivity contribution in [2.24, 2.45) is 0 Å². The third-order valence-electron chi connectivity index (χ3n) is 4.52. The van der Waals surface area contributed by atoms with Crippen molar-refractivity contribution >= 4 is 43.2 Å². The molecule has 0 spiro atoms. The van der Waals surface area contributed by atoms with Gasteiger partial charge >= 0.3 is 0 Å². The van der Waals surface area contributed by atoms with E-state index in [1.54, 1.807) is 24.1 Å². The van der Waals surface area contributed by atoms with E-state index in [1.165, 1.54) is 15.6 Å². The Hall–Kier alpha value is -1.42. The molecule has 0 unspecified atom stereocenters. The number of amides is 1. The molecule has 2 aromatic rings. The number of sulfonamides is 1. The van der Waals surface area contributed by atoms with E-state index in [0.717, 1.165) is 15.1 Å². The fourth-order valence-corrected chi connectivity index (χ4v) is 6.53. The van der Waals surface area contributed by atoms with Gasteiger partial charge in [-0.25, -0.2) is 8.42 Å². The Morgan fingerprint density at radius 1 is 1.11 bits per heavy atom. The Morgan fingerprint density at radius 3 is 2.33 bits per heavy atom. The van der Waals surface area contributed by atoms with E-state index in [-0.39, 0.29) is 5.91 Å². The minimum atomic E-state index is -3.48. The van der Waals surface area contributed by atoms with Crippen LogP contribution in [0.4, 0.5) is 0 Å². The molecule has 146 valence electrons. The molecule has 1 fully saturated rings. The van der Waals surface area contributed by atoms with Crippen molar-refractivity contribution in [2.45, 2.75) is 17.1 Å². The first-order valence-electron chi connectivity index (χ1n) is 8.56. The van der Waals surface area contributed by atoms with Crippen LogP contribution in [0.5, 0.6) is 5.75 Å². The second-order valence-electron chi connectivity index (χ2n) is 6.19. The van der Waals surface area contributed by atoms with Gasteiger partial charge in [-0.05, 0) is 52.2 Å². The van der Waals surface area contributed by atoms with Crippen LogP contribution in [0.2, 0.25) is 0 Å². The van der Waals surface area contributed by atoms with Crippen molar-refractivity contribution in [1.82, 2.24) is 9.21 Å².